The van der Waals surface area contributed by atoms with Gasteiger partial charge in [0.25, 0.3) is 5.91 Å². The maximum Gasteiger partial charge on any atom is 0.331 e. The van der Waals surface area contributed by atoms with Gasteiger partial charge in [0.2, 0.25) is 0 Å². The fourth-order valence-corrected chi connectivity index (χ4v) is 3.56. The van der Waals surface area contributed by atoms with Crippen molar-refractivity contribution in [3.63, 3.8) is 0 Å². The number of nitrogens with zero attached hydrogens (tertiary/aromatic N) is 4. The molecule has 0 unspecified atom stereocenters. The molecule has 0 aliphatic heterocycles. The van der Waals surface area contributed by atoms with Crippen molar-refractivity contribution in [1.82, 2.24) is 9.78 Å². The maximum absolute atomic E-state index is 13.2. The third-order valence-electron chi connectivity index (χ3n) is 4.93. The number of amides is 1. The highest BCUT2D eigenvalue weighted by molar-refractivity contribution is 6.31. The van der Waals surface area contributed by atoms with Gasteiger partial charge in [-0.25, -0.2) is 13.9 Å². The van der Waals surface area contributed by atoms with Crippen molar-refractivity contribution in [3.8, 4) is 11.8 Å². The van der Waals surface area contributed by atoms with Gasteiger partial charge in [0.1, 0.15) is 11.0 Å². The van der Waals surface area contributed by atoms with Crippen LogP contribution in [0.3, 0.4) is 0 Å². The smallest absolute Gasteiger partial charge is 0.331 e. The fraction of sp³-hybridized carbons (Fsp3) is 0.200. The first-order valence-corrected chi connectivity index (χ1v) is 10.8. The van der Waals surface area contributed by atoms with Crippen LogP contribution in [0.15, 0.2) is 60.7 Å². The van der Waals surface area contributed by atoms with Crippen molar-refractivity contribution in [2.24, 2.45) is 0 Å². The van der Waals surface area contributed by atoms with Gasteiger partial charge in [0, 0.05) is 23.9 Å². The number of rotatable bonds is 8. The van der Waals surface area contributed by atoms with Crippen LogP contribution in [-0.4, -0.2) is 34.3 Å². The average Bonchev–Trinajstić information content (AvgIpc) is 3.12. The Kier molecular flexibility index (Phi) is 8.17. The van der Waals surface area contributed by atoms with Gasteiger partial charge in [-0.1, -0.05) is 29.8 Å². The molecule has 1 atom stereocenters. The summed E-state index contributed by atoms with van der Waals surface area (Å²) in [5.74, 6) is -1.56. The third kappa shape index (κ3) is 5.88. The predicted molar refractivity (Wildman–Crippen MR) is 127 cm³/mol. The van der Waals surface area contributed by atoms with Crippen LogP contribution in [0.2, 0.25) is 5.15 Å². The highest BCUT2D eigenvalue weighted by atomic mass is 35.5. The van der Waals surface area contributed by atoms with Gasteiger partial charge >= 0.3 is 5.97 Å². The minimum atomic E-state index is -1.07. The zero-order valence-corrected chi connectivity index (χ0v) is 19.4. The molecule has 2 aromatic carbocycles. The molecule has 1 heterocycles. The highest BCUT2D eigenvalue weighted by Crippen LogP contribution is 2.25. The van der Waals surface area contributed by atoms with Crippen molar-refractivity contribution in [1.29, 1.82) is 5.26 Å². The fourth-order valence-electron chi connectivity index (χ4n) is 3.22. The number of carbonyl (C=O) groups is 2. The van der Waals surface area contributed by atoms with Crippen LogP contribution in [0.25, 0.3) is 11.8 Å². The molecule has 9 heteroatoms. The molecule has 0 bridgehead atoms. The summed E-state index contributed by atoms with van der Waals surface area (Å²) in [4.78, 5) is 26.7. The summed E-state index contributed by atoms with van der Waals surface area (Å²) in [6, 6.07) is 16.5. The van der Waals surface area contributed by atoms with E-state index in [2.05, 4.69) is 5.10 Å². The van der Waals surface area contributed by atoms with Crippen molar-refractivity contribution in [2.45, 2.75) is 26.4 Å². The number of anilines is 1. The molecule has 0 radical (unpaired) electrons. The summed E-state index contributed by atoms with van der Waals surface area (Å²) < 4.78 is 19.9. The molecule has 34 heavy (non-hydrogen) atoms. The van der Waals surface area contributed by atoms with E-state index < -0.39 is 18.0 Å². The Morgan fingerprint density at radius 1 is 1.24 bits per heavy atom. The summed E-state index contributed by atoms with van der Waals surface area (Å²) in [5, 5.41) is 13.5. The van der Waals surface area contributed by atoms with Crippen LogP contribution in [0.4, 0.5) is 10.1 Å². The Balaban J connectivity index is 1.71. The van der Waals surface area contributed by atoms with Crippen molar-refractivity contribution >= 4 is 35.2 Å². The second-order valence-corrected chi connectivity index (χ2v) is 7.68. The van der Waals surface area contributed by atoms with E-state index in [1.165, 1.54) is 46.8 Å². The number of halogens is 2. The first-order chi connectivity index (χ1) is 16.3. The zero-order valence-electron chi connectivity index (χ0n) is 18.6. The summed E-state index contributed by atoms with van der Waals surface area (Å²) in [6.07, 6.45) is 1.68. The number of carbonyl (C=O) groups excluding carboxylic acids is 2. The van der Waals surface area contributed by atoms with E-state index in [-0.39, 0.29) is 23.9 Å². The molecule has 174 valence electrons. The van der Waals surface area contributed by atoms with Gasteiger partial charge in [0.05, 0.1) is 23.9 Å². The molecule has 0 aliphatic rings. The van der Waals surface area contributed by atoms with Crippen LogP contribution in [0.5, 0.6) is 0 Å². The molecule has 3 aromatic rings. The van der Waals surface area contributed by atoms with E-state index in [4.69, 9.17) is 21.6 Å². The number of aromatic nitrogens is 2. The number of benzene rings is 2. The molecule has 1 amide bonds. The number of hydrogen-bond acceptors (Lipinski definition) is 5. The predicted octanol–water partition coefficient (Wildman–Crippen LogP) is 4.87. The van der Waals surface area contributed by atoms with Crippen molar-refractivity contribution < 1.29 is 18.7 Å². The Morgan fingerprint density at radius 3 is 2.56 bits per heavy atom. The molecular formula is C25H22ClFN4O3. The number of hydrogen-bond donors (Lipinski definition) is 0. The largest absolute Gasteiger partial charge is 0.449 e. The van der Waals surface area contributed by atoms with Gasteiger partial charge in [0.15, 0.2) is 6.10 Å². The highest BCUT2D eigenvalue weighted by Gasteiger charge is 2.24. The number of esters is 1. The number of ether oxygens (including phenoxy) is 1. The van der Waals surface area contributed by atoms with Crippen molar-refractivity contribution in [3.05, 3.63) is 82.9 Å². The molecule has 0 aliphatic carbocycles. The second kappa shape index (κ2) is 11.3. The Hall–Kier alpha value is -3.96. The molecule has 0 fully saturated rings. The van der Waals surface area contributed by atoms with Crippen LogP contribution in [-0.2, 0) is 14.3 Å². The summed E-state index contributed by atoms with van der Waals surface area (Å²) in [5.41, 5.74) is 2.21. The van der Waals surface area contributed by atoms with E-state index in [0.717, 1.165) is 6.08 Å². The standard InChI is InChI=1S/C25H22ClFN4O3/c1-17-22(24(26)31(29-17)21-11-9-19(27)10-12-21)13-14-23(32)34-18(2)25(33)30(16-6-15-28)20-7-4-3-5-8-20/h3-5,7-14,18H,6,16H2,1-2H3/b14-13-/t18-/m1/s1. The van der Waals surface area contributed by atoms with Crippen LogP contribution in [0, 0.1) is 24.1 Å². The number of aryl methyl sites for hydroxylation is 1. The molecule has 0 spiro atoms. The summed E-state index contributed by atoms with van der Waals surface area (Å²) in [6.45, 7) is 3.37. The number of nitriles is 1. The third-order valence-corrected chi connectivity index (χ3v) is 5.29. The SMILES string of the molecule is Cc1nn(-c2ccc(F)cc2)c(Cl)c1/C=C\C(=O)O[C@H](C)C(=O)N(CCC#N)c1ccccc1. The van der Waals surface area contributed by atoms with Gasteiger partial charge < -0.3 is 9.64 Å². The Labute approximate surface area is 201 Å². The van der Waals surface area contributed by atoms with E-state index in [1.807, 2.05) is 12.1 Å². The minimum absolute atomic E-state index is 0.136. The monoisotopic (exact) mass is 480 g/mol. The molecule has 0 saturated heterocycles. The Morgan fingerprint density at radius 2 is 1.91 bits per heavy atom. The van der Waals surface area contributed by atoms with Crippen molar-refractivity contribution in [2.75, 3.05) is 11.4 Å². The van der Waals surface area contributed by atoms with Crippen LogP contribution in [0.1, 0.15) is 24.6 Å². The number of para-hydroxylation sites is 1. The summed E-state index contributed by atoms with van der Waals surface area (Å²) in [7, 11) is 0. The van der Waals surface area contributed by atoms with E-state index >= 15 is 0 Å². The first-order valence-electron chi connectivity index (χ1n) is 10.4. The lowest BCUT2D eigenvalue weighted by atomic mass is 10.2. The molecule has 0 N–H and O–H groups in total. The van der Waals surface area contributed by atoms with Gasteiger partial charge in [-0.3, -0.25) is 4.79 Å². The van der Waals surface area contributed by atoms with Crippen LogP contribution < -0.4 is 4.90 Å². The van der Waals surface area contributed by atoms with Gasteiger partial charge in [-0.15, -0.1) is 0 Å². The molecule has 1 aromatic heterocycles. The molecule has 0 saturated carbocycles. The lowest BCUT2D eigenvalue weighted by molar-refractivity contribution is -0.149. The van der Waals surface area contributed by atoms with Gasteiger partial charge in [-0.2, -0.15) is 10.4 Å². The lowest BCUT2D eigenvalue weighted by Gasteiger charge is -2.24. The average molecular weight is 481 g/mol. The second-order valence-electron chi connectivity index (χ2n) is 7.32. The minimum Gasteiger partial charge on any atom is -0.449 e. The summed E-state index contributed by atoms with van der Waals surface area (Å²) >= 11 is 6.42. The first kappa shape index (κ1) is 24.7. The Bertz CT molecular complexity index is 1230. The molecule has 7 nitrogen and oxygen atoms in total. The molecule has 3 rings (SSSR count). The topological polar surface area (TPSA) is 88.2 Å². The van der Waals surface area contributed by atoms with E-state index in [9.17, 15) is 14.0 Å². The zero-order chi connectivity index (χ0) is 24.7. The maximum atomic E-state index is 13.2. The lowest BCUT2D eigenvalue weighted by Crippen LogP contribution is -2.40. The van der Waals surface area contributed by atoms with Gasteiger partial charge in [-0.05, 0) is 56.3 Å². The van der Waals surface area contributed by atoms with Crippen LogP contribution >= 0.6 is 11.6 Å². The quantitative estimate of drug-likeness (QED) is 0.339. The normalized spacial score (nSPS) is 11.7. The molecular weight excluding hydrogens is 459 g/mol. The van der Waals surface area contributed by atoms with E-state index in [0.29, 0.717) is 22.6 Å². The van der Waals surface area contributed by atoms with E-state index in [1.54, 1.807) is 31.2 Å².